The van der Waals surface area contributed by atoms with Crippen LogP contribution in [0.5, 0.6) is 0 Å². The Morgan fingerprint density at radius 1 is 1.17 bits per heavy atom. The Balaban J connectivity index is 1.49. The molecule has 1 atom stereocenters. The van der Waals surface area contributed by atoms with Crippen molar-refractivity contribution in [3.05, 3.63) is 71.7 Å². The van der Waals surface area contributed by atoms with Gasteiger partial charge < -0.3 is 15.1 Å². The molecule has 0 bridgehead atoms. The fraction of sp³-hybridized carbons (Fsp3) is 0.211. The molecule has 0 fully saturated rings. The van der Waals surface area contributed by atoms with Crippen molar-refractivity contribution in [3.8, 4) is 0 Å². The number of para-hydroxylation sites is 1. The van der Waals surface area contributed by atoms with Crippen LogP contribution in [-0.4, -0.2) is 12.1 Å². The molecule has 2 aromatic carbocycles. The first-order valence-corrected chi connectivity index (χ1v) is 7.86. The lowest BCUT2D eigenvalue weighted by molar-refractivity contribution is 0.237. The van der Waals surface area contributed by atoms with Gasteiger partial charge in [-0.1, -0.05) is 30.3 Å². The Morgan fingerprint density at radius 3 is 2.67 bits per heavy atom. The molecule has 2 amide bonds. The average molecular weight is 326 g/mol. The lowest BCUT2D eigenvalue weighted by atomic mass is 10.2. The number of carbonyl (C=O) groups is 1. The van der Waals surface area contributed by atoms with E-state index in [1.54, 1.807) is 12.1 Å². The number of hydrogen-bond donors (Lipinski definition) is 2. The largest absolute Gasteiger partial charge is 0.461 e. The van der Waals surface area contributed by atoms with Gasteiger partial charge in [0.2, 0.25) is 0 Å². The Kier molecular flexibility index (Phi) is 4.79. The summed E-state index contributed by atoms with van der Waals surface area (Å²) in [5.41, 5.74) is 1.69. The van der Waals surface area contributed by atoms with Crippen LogP contribution in [0.3, 0.4) is 0 Å². The summed E-state index contributed by atoms with van der Waals surface area (Å²) in [6.07, 6.45) is 0.610. The van der Waals surface area contributed by atoms with E-state index >= 15 is 0 Å². The van der Waals surface area contributed by atoms with Crippen molar-refractivity contribution in [2.75, 3.05) is 0 Å². The Morgan fingerprint density at radius 2 is 1.92 bits per heavy atom. The van der Waals surface area contributed by atoms with Crippen molar-refractivity contribution in [1.29, 1.82) is 0 Å². The molecule has 0 radical (unpaired) electrons. The van der Waals surface area contributed by atoms with Crippen LogP contribution >= 0.6 is 0 Å². The second-order valence-electron chi connectivity index (χ2n) is 5.81. The van der Waals surface area contributed by atoms with Gasteiger partial charge in [0, 0.05) is 24.4 Å². The Bertz CT molecular complexity index is 794. The van der Waals surface area contributed by atoms with Crippen molar-refractivity contribution in [3.63, 3.8) is 0 Å². The van der Waals surface area contributed by atoms with E-state index in [1.165, 1.54) is 12.1 Å². The number of urea groups is 1. The fourth-order valence-electron chi connectivity index (χ4n) is 2.55. The highest BCUT2D eigenvalue weighted by atomic mass is 19.1. The van der Waals surface area contributed by atoms with Gasteiger partial charge in [-0.15, -0.1) is 0 Å². The third-order valence-corrected chi connectivity index (χ3v) is 3.73. The molecule has 2 N–H and O–H groups in total. The molecule has 5 heteroatoms. The zero-order chi connectivity index (χ0) is 16.9. The zero-order valence-corrected chi connectivity index (χ0v) is 13.4. The van der Waals surface area contributed by atoms with E-state index in [0.29, 0.717) is 13.0 Å². The summed E-state index contributed by atoms with van der Waals surface area (Å²) in [6, 6.07) is 15.5. The van der Waals surface area contributed by atoms with Crippen LogP contribution in [-0.2, 0) is 13.0 Å². The van der Waals surface area contributed by atoms with Crippen molar-refractivity contribution >= 4 is 17.0 Å². The summed E-state index contributed by atoms with van der Waals surface area (Å²) in [5, 5.41) is 6.68. The number of carbonyl (C=O) groups excluding carboxylic acids is 1. The molecule has 1 heterocycles. The minimum Gasteiger partial charge on any atom is -0.461 e. The first-order valence-electron chi connectivity index (χ1n) is 7.86. The van der Waals surface area contributed by atoms with Gasteiger partial charge in [-0.05, 0) is 36.8 Å². The second kappa shape index (κ2) is 7.17. The highest BCUT2D eigenvalue weighted by Gasteiger charge is 2.11. The number of furan rings is 1. The van der Waals surface area contributed by atoms with Gasteiger partial charge >= 0.3 is 6.03 Å². The van der Waals surface area contributed by atoms with Crippen LogP contribution in [0.4, 0.5) is 9.18 Å². The smallest absolute Gasteiger partial charge is 0.315 e. The number of benzene rings is 2. The third-order valence-electron chi connectivity index (χ3n) is 3.73. The molecule has 0 aliphatic rings. The van der Waals surface area contributed by atoms with Crippen molar-refractivity contribution in [2.24, 2.45) is 0 Å². The molecular formula is C19H19FN2O2. The third kappa shape index (κ3) is 4.13. The molecule has 0 aliphatic carbocycles. The van der Waals surface area contributed by atoms with Crippen molar-refractivity contribution in [2.45, 2.75) is 25.9 Å². The van der Waals surface area contributed by atoms with Crippen molar-refractivity contribution < 1.29 is 13.6 Å². The first kappa shape index (κ1) is 16.1. The molecule has 0 spiro atoms. The molecule has 0 unspecified atom stereocenters. The first-order chi connectivity index (χ1) is 11.6. The topological polar surface area (TPSA) is 54.3 Å². The molecular weight excluding hydrogens is 307 g/mol. The number of amides is 2. The van der Waals surface area contributed by atoms with Gasteiger partial charge in [0.15, 0.2) is 0 Å². The minimum absolute atomic E-state index is 0.0706. The molecule has 124 valence electrons. The number of halogens is 1. The maximum atomic E-state index is 12.8. The SMILES string of the molecule is C[C@H](Cc1cc2ccccc2o1)NC(=O)NCc1ccc(F)cc1. The normalized spacial score (nSPS) is 12.1. The average Bonchev–Trinajstić information content (AvgIpc) is 2.96. The van der Waals surface area contributed by atoms with Crippen LogP contribution in [0.2, 0.25) is 0 Å². The highest BCUT2D eigenvalue weighted by molar-refractivity contribution is 5.77. The Hall–Kier alpha value is -2.82. The molecule has 4 nitrogen and oxygen atoms in total. The summed E-state index contributed by atoms with van der Waals surface area (Å²) >= 11 is 0. The number of fused-ring (bicyclic) bond motifs is 1. The van der Waals surface area contributed by atoms with E-state index < -0.39 is 0 Å². The lowest BCUT2D eigenvalue weighted by Crippen LogP contribution is -2.41. The number of hydrogen-bond acceptors (Lipinski definition) is 2. The van der Waals surface area contributed by atoms with Gasteiger partial charge in [0.05, 0.1) is 0 Å². The van der Waals surface area contributed by atoms with Crippen LogP contribution in [0.1, 0.15) is 18.2 Å². The number of rotatable bonds is 5. The highest BCUT2D eigenvalue weighted by Crippen LogP contribution is 2.19. The van der Waals surface area contributed by atoms with Crippen LogP contribution in [0.15, 0.2) is 59.0 Å². The molecule has 0 saturated carbocycles. The predicted octanol–water partition coefficient (Wildman–Crippen LogP) is 4.00. The summed E-state index contributed by atoms with van der Waals surface area (Å²) in [7, 11) is 0. The summed E-state index contributed by atoms with van der Waals surface area (Å²) in [5.74, 6) is 0.546. The summed E-state index contributed by atoms with van der Waals surface area (Å²) < 4.78 is 18.6. The minimum atomic E-state index is -0.289. The van der Waals surface area contributed by atoms with Gasteiger partial charge in [-0.2, -0.15) is 0 Å². The van der Waals surface area contributed by atoms with Gasteiger partial charge in [-0.3, -0.25) is 0 Å². The second-order valence-corrected chi connectivity index (χ2v) is 5.81. The van der Waals surface area contributed by atoms with E-state index in [1.807, 2.05) is 37.3 Å². The zero-order valence-electron chi connectivity index (χ0n) is 13.4. The van der Waals surface area contributed by atoms with E-state index in [-0.39, 0.29) is 17.9 Å². The predicted molar refractivity (Wildman–Crippen MR) is 91.2 cm³/mol. The fourth-order valence-corrected chi connectivity index (χ4v) is 2.55. The Labute approximate surface area is 139 Å². The summed E-state index contributed by atoms with van der Waals surface area (Å²) in [6.45, 7) is 2.27. The maximum Gasteiger partial charge on any atom is 0.315 e. The van der Waals surface area contributed by atoms with E-state index in [9.17, 15) is 9.18 Å². The van der Waals surface area contributed by atoms with Crippen LogP contribution < -0.4 is 10.6 Å². The van der Waals surface area contributed by atoms with Gasteiger partial charge in [-0.25, -0.2) is 9.18 Å². The quantitative estimate of drug-likeness (QED) is 0.744. The van der Waals surface area contributed by atoms with Crippen molar-refractivity contribution in [1.82, 2.24) is 10.6 Å². The molecule has 3 rings (SSSR count). The number of nitrogens with one attached hydrogen (secondary N) is 2. The monoisotopic (exact) mass is 326 g/mol. The summed E-state index contributed by atoms with van der Waals surface area (Å²) in [4.78, 5) is 11.9. The van der Waals surface area contributed by atoms with Gasteiger partial charge in [0.25, 0.3) is 0 Å². The van der Waals surface area contributed by atoms with E-state index in [0.717, 1.165) is 22.3 Å². The molecule has 24 heavy (non-hydrogen) atoms. The molecule has 0 saturated heterocycles. The van der Waals surface area contributed by atoms with Gasteiger partial charge in [0.1, 0.15) is 17.2 Å². The molecule has 3 aromatic rings. The lowest BCUT2D eigenvalue weighted by Gasteiger charge is -2.13. The van der Waals surface area contributed by atoms with E-state index in [2.05, 4.69) is 10.6 Å². The molecule has 1 aromatic heterocycles. The standard InChI is InChI=1S/C19H19FN2O2/c1-13(10-17-11-15-4-2-3-5-18(15)24-17)22-19(23)21-12-14-6-8-16(20)9-7-14/h2-9,11,13H,10,12H2,1H3,(H2,21,22,23)/t13-/m1/s1. The van der Waals surface area contributed by atoms with E-state index in [4.69, 9.17) is 4.42 Å². The molecule has 0 aliphatic heterocycles. The van der Waals surface area contributed by atoms with Crippen LogP contribution in [0.25, 0.3) is 11.0 Å². The maximum absolute atomic E-state index is 12.8. The van der Waals surface area contributed by atoms with Crippen LogP contribution in [0, 0.1) is 5.82 Å².